The second-order valence-corrected chi connectivity index (χ2v) is 5.26. The molecule has 1 aromatic carbocycles. The quantitative estimate of drug-likeness (QED) is 0.848. The van der Waals surface area contributed by atoms with E-state index in [0.717, 1.165) is 38.4 Å². The van der Waals surface area contributed by atoms with Crippen molar-refractivity contribution in [2.24, 2.45) is 4.99 Å². The van der Waals surface area contributed by atoms with Crippen LogP contribution in [0.4, 0.5) is 0 Å². The maximum Gasteiger partial charge on any atom is 0.128 e. The molecule has 2 aliphatic heterocycles. The second kappa shape index (κ2) is 5.72. The van der Waals surface area contributed by atoms with Crippen LogP contribution in [-0.2, 0) is 6.54 Å². The smallest absolute Gasteiger partial charge is 0.128 e. The number of rotatable bonds is 4. The molecule has 3 rings (SSSR count). The highest BCUT2D eigenvalue weighted by Gasteiger charge is 2.24. The lowest BCUT2D eigenvalue weighted by molar-refractivity contribution is 0.153. The van der Waals surface area contributed by atoms with Crippen molar-refractivity contribution in [2.75, 3.05) is 26.2 Å². The van der Waals surface area contributed by atoms with Crippen molar-refractivity contribution in [1.82, 2.24) is 10.2 Å². The first-order valence-electron chi connectivity index (χ1n) is 7.10. The Morgan fingerprint density at radius 1 is 1.37 bits per heavy atom. The molecule has 102 valence electrons. The fourth-order valence-electron chi connectivity index (χ4n) is 3.00. The highest BCUT2D eigenvalue weighted by Crippen LogP contribution is 2.21. The minimum absolute atomic E-state index is 0.265. The summed E-state index contributed by atoms with van der Waals surface area (Å²) in [4.78, 5) is 6.90. The second-order valence-electron chi connectivity index (χ2n) is 5.26. The molecule has 19 heavy (non-hydrogen) atoms. The minimum atomic E-state index is 0.265. The Hall–Kier alpha value is -1.39. The maximum absolute atomic E-state index is 9.42. The molecule has 2 aliphatic rings. The van der Waals surface area contributed by atoms with E-state index in [2.05, 4.69) is 39.5 Å². The van der Waals surface area contributed by atoms with E-state index in [-0.39, 0.29) is 6.61 Å². The first-order chi connectivity index (χ1) is 9.38. The molecule has 0 radical (unpaired) electrons. The molecule has 1 aromatic rings. The average Bonchev–Trinajstić information content (AvgIpc) is 3.10. The third kappa shape index (κ3) is 2.65. The van der Waals surface area contributed by atoms with E-state index < -0.39 is 0 Å². The molecule has 0 bridgehead atoms. The lowest BCUT2D eigenvalue weighted by atomic mass is 10.1. The molecule has 1 saturated heterocycles. The van der Waals surface area contributed by atoms with Crippen LogP contribution < -0.4 is 5.32 Å². The van der Waals surface area contributed by atoms with Gasteiger partial charge in [-0.25, -0.2) is 0 Å². The number of nitrogens with zero attached hydrogens (tertiary/aromatic N) is 2. The predicted molar refractivity (Wildman–Crippen MR) is 76.4 cm³/mol. The summed E-state index contributed by atoms with van der Waals surface area (Å²) in [6.45, 7) is 4.06. The first-order valence-corrected chi connectivity index (χ1v) is 7.10. The molecule has 2 N–H and O–H groups in total. The van der Waals surface area contributed by atoms with Gasteiger partial charge in [-0.05, 0) is 24.9 Å². The minimum Gasteiger partial charge on any atom is -0.395 e. The van der Waals surface area contributed by atoms with Gasteiger partial charge in [0.15, 0.2) is 0 Å². The van der Waals surface area contributed by atoms with Crippen LogP contribution in [0, 0.1) is 0 Å². The normalized spacial score (nSPS) is 23.4. The molecule has 4 heteroatoms. The number of aliphatic imine (C=N–C) groups is 1. The van der Waals surface area contributed by atoms with Crippen molar-refractivity contribution in [3.05, 3.63) is 35.4 Å². The lowest BCUT2D eigenvalue weighted by Crippen LogP contribution is -2.32. The molecule has 0 saturated carbocycles. The Morgan fingerprint density at radius 2 is 2.26 bits per heavy atom. The van der Waals surface area contributed by atoms with Crippen molar-refractivity contribution in [3.63, 3.8) is 0 Å². The Balaban J connectivity index is 1.80. The number of aliphatic hydroxyl groups is 1. The number of benzene rings is 1. The number of hydrogen-bond donors (Lipinski definition) is 2. The SMILES string of the molecule is OCC1CCCN1Cc1ccccc1C1=NCCN1. The van der Waals surface area contributed by atoms with Crippen molar-refractivity contribution in [2.45, 2.75) is 25.4 Å². The predicted octanol–water partition coefficient (Wildman–Crippen LogP) is 0.993. The number of likely N-dealkylation sites (tertiary alicyclic amines) is 1. The van der Waals surface area contributed by atoms with Crippen LogP contribution in [0.2, 0.25) is 0 Å². The molecule has 1 fully saturated rings. The average molecular weight is 259 g/mol. The van der Waals surface area contributed by atoms with Gasteiger partial charge in [-0.3, -0.25) is 9.89 Å². The molecule has 1 unspecified atom stereocenters. The van der Waals surface area contributed by atoms with Crippen molar-refractivity contribution >= 4 is 5.84 Å². The molecular weight excluding hydrogens is 238 g/mol. The maximum atomic E-state index is 9.42. The monoisotopic (exact) mass is 259 g/mol. The van der Waals surface area contributed by atoms with E-state index in [9.17, 15) is 5.11 Å². The van der Waals surface area contributed by atoms with Gasteiger partial charge in [0, 0.05) is 24.7 Å². The topological polar surface area (TPSA) is 47.9 Å². The van der Waals surface area contributed by atoms with Gasteiger partial charge in [0.25, 0.3) is 0 Å². The summed E-state index contributed by atoms with van der Waals surface area (Å²) in [5, 5.41) is 12.8. The van der Waals surface area contributed by atoms with Crippen LogP contribution in [0.3, 0.4) is 0 Å². The highest BCUT2D eigenvalue weighted by atomic mass is 16.3. The fourth-order valence-corrected chi connectivity index (χ4v) is 3.00. The summed E-state index contributed by atoms with van der Waals surface area (Å²) in [6, 6.07) is 8.78. The lowest BCUT2D eigenvalue weighted by Gasteiger charge is -2.24. The first kappa shape index (κ1) is 12.6. The summed E-state index contributed by atoms with van der Waals surface area (Å²) < 4.78 is 0. The summed E-state index contributed by atoms with van der Waals surface area (Å²) in [5.74, 6) is 1.02. The zero-order valence-electron chi connectivity index (χ0n) is 11.2. The van der Waals surface area contributed by atoms with Gasteiger partial charge in [-0.15, -0.1) is 0 Å². The van der Waals surface area contributed by atoms with Gasteiger partial charge < -0.3 is 10.4 Å². The van der Waals surface area contributed by atoms with Gasteiger partial charge in [0.05, 0.1) is 13.2 Å². The third-order valence-corrected chi connectivity index (χ3v) is 4.03. The van der Waals surface area contributed by atoms with E-state index in [0.29, 0.717) is 6.04 Å². The van der Waals surface area contributed by atoms with Crippen LogP contribution in [-0.4, -0.2) is 48.1 Å². The summed E-state index contributed by atoms with van der Waals surface area (Å²) >= 11 is 0. The summed E-state index contributed by atoms with van der Waals surface area (Å²) in [5.41, 5.74) is 2.51. The largest absolute Gasteiger partial charge is 0.395 e. The fraction of sp³-hybridized carbons (Fsp3) is 0.533. The molecule has 0 aliphatic carbocycles. The van der Waals surface area contributed by atoms with E-state index in [1.807, 2.05) is 0 Å². The molecule has 0 aromatic heterocycles. The number of amidine groups is 1. The van der Waals surface area contributed by atoms with Crippen molar-refractivity contribution in [3.8, 4) is 0 Å². The van der Waals surface area contributed by atoms with Crippen molar-refractivity contribution < 1.29 is 5.11 Å². The number of hydrogen-bond acceptors (Lipinski definition) is 4. The van der Waals surface area contributed by atoms with Gasteiger partial charge in [-0.1, -0.05) is 24.3 Å². The summed E-state index contributed by atoms with van der Waals surface area (Å²) in [7, 11) is 0. The number of nitrogens with one attached hydrogen (secondary N) is 1. The Morgan fingerprint density at radius 3 is 3.05 bits per heavy atom. The molecule has 4 nitrogen and oxygen atoms in total. The molecular formula is C15H21N3O. The van der Waals surface area contributed by atoms with E-state index in [4.69, 9.17) is 0 Å². The zero-order valence-corrected chi connectivity index (χ0v) is 11.2. The van der Waals surface area contributed by atoms with E-state index in [1.165, 1.54) is 17.5 Å². The standard InChI is InChI=1S/C15H21N3O/c19-11-13-5-3-9-18(13)10-12-4-1-2-6-14(12)15-16-7-8-17-15/h1-2,4,6,13,19H,3,5,7-11H2,(H,16,17). The number of aliphatic hydroxyl groups excluding tert-OH is 1. The van der Waals surface area contributed by atoms with E-state index in [1.54, 1.807) is 0 Å². The molecule has 2 heterocycles. The zero-order chi connectivity index (χ0) is 13.1. The van der Waals surface area contributed by atoms with Gasteiger partial charge in [0.2, 0.25) is 0 Å². The van der Waals surface area contributed by atoms with Crippen molar-refractivity contribution in [1.29, 1.82) is 0 Å². The molecule has 0 spiro atoms. The van der Waals surface area contributed by atoms with Gasteiger partial charge in [0.1, 0.15) is 5.84 Å². The summed E-state index contributed by atoms with van der Waals surface area (Å²) in [6.07, 6.45) is 2.30. The van der Waals surface area contributed by atoms with Gasteiger partial charge >= 0.3 is 0 Å². The van der Waals surface area contributed by atoms with Crippen LogP contribution in [0.5, 0.6) is 0 Å². The van der Waals surface area contributed by atoms with Crippen LogP contribution in [0.1, 0.15) is 24.0 Å². The van der Waals surface area contributed by atoms with Gasteiger partial charge in [-0.2, -0.15) is 0 Å². The Kier molecular flexibility index (Phi) is 3.80. The Bertz CT molecular complexity index is 472. The van der Waals surface area contributed by atoms with Crippen LogP contribution in [0.15, 0.2) is 29.3 Å². The van der Waals surface area contributed by atoms with Crippen LogP contribution in [0.25, 0.3) is 0 Å². The van der Waals surface area contributed by atoms with Crippen LogP contribution >= 0.6 is 0 Å². The van der Waals surface area contributed by atoms with E-state index >= 15 is 0 Å². The highest BCUT2D eigenvalue weighted by molar-refractivity contribution is 6.00. The molecule has 1 atom stereocenters. The third-order valence-electron chi connectivity index (χ3n) is 4.03. The Labute approximate surface area is 114 Å². The molecule has 0 amide bonds.